The molecule has 1 aromatic heterocycles. The molecule has 0 atom stereocenters. The second kappa shape index (κ2) is 9.90. The molecule has 1 aliphatic heterocycles. The van der Waals surface area contributed by atoms with E-state index in [0.717, 1.165) is 38.4 Å². The third-order valence-corrected chi connectivity index (χ3v) is 4.68. The van der Waals surface area contributed by atoms with Gasteiger partial charge in [0, 0.05) is 31.2 Å². The molecule has 1 saturated heterocycles. The Balaban J connectivity index is 1.50. The highest BCUT2D eigenvalue weighted by atomic mass is 35.5. The van der Waals surface area contributed by atoms with Crippen LogP contribution in [0, 0.1) is 0 Å². The van der Waals surface area contributed by atoms with Gasteiger partial charge in [-0.15, -0.1) is 0 Å². The zero-order valence-electron chi connectivity index (χ0n) is 14.8. The molecule has 1 fully saturated rings. The summed E-state index contributed by atoms with van der Waals surface area (Å²) in [7, 11) is 0. The summed E-state index contributed by atoms with van der Waals surface area (Å²) in [5, 5.41) is 3.84. The summed E-state index contributed by atoms with van der Waals surface area (Å²) in [6, 6.07) is 8.89. The van der Waals surface area contributed by atoms with Gasteiger partial charge < -0.3 is 14.8 Å². The summed E-state index contributed by atoms with van der Waals surface area (Å²) in [6.07, 6.45) is 1.46. The van der Waals surface area contributed by atoms with E-state index < -0.39 is 0 Å². The number of hydrogen-bond acceptors (Lipinski definition) is 5. The van der Waals surface area contributed by atoms with Crippen LogP contribution in [-0.2, 0) is 11.3 Å². The van der Waals surface area contributed by atoms with Crippen molar-refractivity contribution in [3.8, 4) is 5.75 Å². The lowest BCUT2D eigenvalue weighted by molar-refractivity contribution is 0.0383. The van der Waals surface area contributed by atoms with Crippen LogP contribution in [0.2, 0.25) is 10.0 Å². The van der Waals surface area contributed by atoms with Crippen molar-refractivity contribution in [1.29, 1.82) is 0 Å². The van der Waals surface area contributed by atoms with Crippen LogP contribution in [0.15, 0.2) is 36.5 Å². The molecule has 0 spiro atoms. The number of rotatable bonds is 7. The standard InChI is InChI=1S/C19H21Cl2N3O3/c20-15-3-1-2-14(10-15)13-27-18-12-23-17(11-16(18)21)19(25)22-4-5-24-6-8-26-9-7-24/h1-3,10-12H,4-9,13H2,(H,22,25). The highest BCUT2D eigenvalue weighted by Crippen LogP contribution is 2.25. The number of morpholine rings is 1. The van der Waals surface area contributed by atoms with Crippen LogP contribution in [0.4, 0.5) is 0 Å². The van der Waals surface area contributed by atoms with E-state index in [2.05, 4.69) is 15.2 Å². The lowest BCUT2D eigenvalue weighted by Crippen LogP contribution is -2.41. The SMILES string of the molecule is O=C(NCCN1CCOCC1)c1cc(Cl)c(OCc2cccc(Cl)c2)cn1. The molecular weight excluding hydrogens is 389 g/mol. The van der Waals surface area contributed by atoms with Gasteiger partial charge in [-0.3, -0.25) is 9.69 Å². The van der Waals surface area contributed by atoms with Crippen LogP contribution < -0.4 is 10.1 Å². The smallest absolute Gasteiger partial charge is 0.269 e. The van der Waals surface area contributed by atoms with Gasteiger partial charge in [0.15, 0.2) is 5.75 Å². The van der Waals surface area contributed by atoms with Crippen LogP contribution >= 0.6 is 23.2 Å². The van der Waals surface area contributed by atoms with Gasteiger partial charge >= 0.3 is 0 Å². The number of nitrogens with one attached hydrogen (secondary N) is 1. The number of benzene rings is 1. The van der Waals surface area contributed by atoms with Crippen molar-refractivity contribution >= 4 is 29.1 Å². The maximum absolute atomic E-state index is 12.2. The molecule has 3 rings (SSSR count). The minimum absolute atomic E-state index is 0.258. The van der Waals surface area contributed by atoms with Gasteiger partial charge in [-0.25, -0.2) is 4.98 Å². The number of carbonyl (C=O) groups excluding carboxylic acids is 1. The highest BCUT2D eigenvalue weighted by molar-refractivity contribution is 6.32. The molecule has 27 heavy (non-hydrogen) atoms. The van der Waals surface area contributed by atoms with Gasteiger partial charge in [0.1, 0.15) is 12.3 Å². The molecule has 0 aliphatic carbocycles. The second-order valence-electron chi connectivity index (χ2n) is 6.13. The molecule has 0 radical (unpaired) electrons. The Kier molecular flexibility index (Phi) is 7.29. The van der Waals surface area contributed by atoms with Crippen LogP contribution in [0.25, 0.3) is 0 Å². The average molecular weight is 410 g/mol. The quantitative estimate of drug-likeness (QED) is 0.761. The molecular formula is C19H21Cl2N3O3. The minimum Gasteiger partial charge on any atom is -0.486 e. The molecule has 1 aliphatic rings. The van der Waals surface area contributed by atoms with E-state index in [0.29, 0.717) is 28.9 Å². The molecule has 0 unspecified atom stereocenters. The normalized spacial score (nSPS) is 14.7. The molecule has 0 bridgehead atoms. The fraction of sp³-hybridized carbons (Fsp3) is 0.368. The Morgan fingerprint density at radius 2 is 2.07 bits per heavy atom. The van der Waals surface area contributed by atoms with Crippen LogP contribution in [0.1, 0.15) is 16.1 Å². The maximum Gasteiger partial charge on any atom is 0.269 e. The van der Waals surface area contributed by atoms with Crippen molar-refractivity contribution in [2.24, 2.45) is 0 Å². The first-order valence-corrected chi connectivity index (χ1v) is 9.48. The number of aromatic nitrogens is 1. The molecule has 2 aromatic rings. The van der Waals surface area contributed by atoms with E-state index in [-0.39, 0.29) is 11.6 Å². The molecule has 144 valence electrons. The first-order chi connectivity index (χ1) is 13.1. The molecule has 8 heteroatoms. The van der Waals surface area contributed by atoms with Gasteiger partial charge in [0.25, 0.3) is 5.91 Å². The summed E-state index contributed by atoms with van der Waals surface area (Å²) in [5.41, 5.74) is 1.18. The summed E-state index contributed by atoms with van der Waals surface area (Å²) >= 11 is 12.2. The van der Waals surface area contributed by atoms with Crippen molar-refractivity contribution < 1.29 is 14.3 Å². The molecule has 0 saturated carbocycles. The molecule has 1 N–H and O–H groups in total. The van der Waals surface area contributed by atoms with Crippen molar-refractivity contribution in [2.75, 3.05) is 39.4 Å². The van der Waals surface area contributed by atoms with Crippen LogP contribution in [0.5, 0.6) is 5.75 Å². The summed E-state index contributed by atoms with van der Waals surface area (Å²) < 4.78 is 11.0. The fourth-order valence-electron chi connectivity index (χ4n) is 2.68. The summed E-state index contributed by atoms with van der Waals surface area (Å²) in [6.45, 7) is 4.89. The second-order valence-corrected chi connectivity index (χ2v) is 6.97. The fourth-order valence-corrected chi connectivity index (χ4v) is 3.10. The van der Waals surface area contributed by atoms with E-state index in [1.54, 1.807) is 6.07 Å². The predicted octanol–water partition coefficient (Wildman–Crippen LogP) is 3.03. The third kappa shape index (κ3) is 6.07. The number of ether oxygens (including phenoxy) is 2. The van der Waals surface area contributed by atoms with Gasteiger partial charge in [-0.2, -0.15) is 0 Å². The Bertz CT molecular complexity index is 783. The van der Waals surface area contributed by atoms with Crippen LogP contribution in [0.3, 0.4) is 0 Å². The lowest BCUT2D eigenvalue weighted by Gasteiger charge is -2.26. The maximum atomic E-state index is 12.2. The average Bonchev–Trinajstić information content (AvgIpc) is 2.68. The number of nitrogens with zero attached hydrogens (tertiary/aromatic N) is 2. The van der Waals surface area contributed by atoms with E-state index in [1.165, 1.54) is 12.3 Å². The Morgan fingerprint density at radius 3 is 2.81 bits per heavy atom. The first kappa shape index (κ1) is 19.9. The highest BCUT2D eigenvalue weighted by Gasteiger charge is 2.13. The molecule has 1 aromatic carbocycles. The Labute approximate surface area is 168 Å². The Morgan fingerprint density at radius 1 is 1.26 bits per heavy atom. The molecule has 1 amide bonds. The lowest BCUT2D eigenvalue weighted by atomic mass is 10.2. The summed E-state index contributed by atoms with van der Waals surface area (Å²) in [4.78, 5) is 18.6. The van der Waals surface area contributed by atoms with Crippen LogP contribution in [-0.4, -0.2) is 55.2 Å². The minimum atomic E-state index is -0.258. The van der Waals surface area contributed by atoms with Crippen molar-refractivity contribution in [3.63, 3.8) is 0 Å². The zero-order valence-corrected chi connectivity index (χ0v) is 16.3. The van der Waals surface area contributed by atoms with E-state index in [1.807, 2.05) is 18.2 Å². The van der Waals surface area contributed by atoms with Gasteiger partial charge in [0.2, 0.25) is 0 Å². The molecule has 6 nitrogen and oxygen atoms in total. The third-order valence-electron chi connectivity index (χ3n) is 4.15. The Hall–Kier alpha value is -1.86. The van der Waals surface area contributed by atoms with Gasteiger partial charge in [-0.05, 0) is 23.8 Å². The topological polar surface area (TPSA) is 63.7 Å². The number of pyridine rings is 1. The first-order valence-electron chi connectivity index (χ1n) is 8.73. The zero-order chi connectivity index (χ0) is 19.1. The van der Waals surface area contributed by atoms with Crippen molar-refractivity contribution in [3.05, 3.63) is 57.8 Å². The number of hydrogen-bond donors (Lipinski definition) is 1. The number of carbonyl (C=O) groups is 1. The van der Waals surface area contributed by atoms with Crippen molar-refractivity contribution in [1.82, 2.24) is 15.2 Å². The largest absolute Gasteiger partial charge is 0.486 e. The number of halogens is 2. The predicted molar refractivity (Wildman–Crippen MR) is 105 cm³/mol. The van der Waals surface area contributed by atoms with Gasteiger partial charge in [-0.1, -0.05) is 35.3 Å². The van der Waals surface area contributed by atoms with Gasteiger partial charge in [0.05, 0.1) is 24.4 Å². The summed E-state index contributed by atoms with van der Waals surface area (Å²) in [5.74, 6) is 0.160. The van der Waals surface area contributed by atoms with E-state index in [4.69, 9.17) is 32.7 Å². The van der Waals surface area contributed by atoms with Crippen molar-refractivity contribution in [2.45, 2.75) is 6.61 Å². The van der Waals surface area contributed by atoms with E-state index >= 15 is 0 Å². The monoisotopic (exact) mass is 409 g/mol. The number of amides is 1. The van der Waals surface area contributed by atoms with E-state index in [9.17, 15) is 4.79 Å². The molecule has 2 heterocycles.